The molecule has 1 aromatic rings. The summed E-state index contributed by atoms with van der Waals surface area (Å²) in [5.74, 6) is -0.203. The van der Waals surface area contributed by atoms with E-state index in [2.05, 4.69) is 5.32 Å². The number of amides is 1. The molecule has 0 aromatic heterocycles. The summed E-state index contributed by atoms with van der Waals surface area (Å²) in [6.45, 7) is 2.60. The second-order valence-corrected chi connectivity index (χ2v) is 7.58. The second-order valence-electron chi connectivity index (χ2n) is 4.86. The summed E-state index contributed by atoms with van der Waals surface area (Å²) in [5.41, 5.74) is 0.203. The van der Waals surface area contributed by atoms with Gasteiger partial charge >= 0.3 is 0 Å². The molecule has 22 heavy (non-hydrogen) atoms. The molecule has 0 unspecified atom stereocenters. The minimum Gasteiger partial charge on any atom is -0.356 e. The lowest BCUT2D eigenvalue weighted by Gasteiger charge is -2.24. The number of nitrogens with zero attached hydrogens (tertiary/aromatic N) is 1. The van der Waals surface area contributed by atoms with Crippen LogP contribution in [0.2, 0.25) is 10.0 Å². The van der Waals surface area contributed by atoms with Gasteiger partial charge in [-0.25, -0.2) is 8.42 Å². The molecule has 0 saturated heterocycles. The van der Waals surface area contributed by atoms with Crippen LogP contribution in [0, 0.1) is 0 Å². The van der Waals surface area contributed by atoms with Crippen molar-refractivity contribution in [2.24, 2.45) is 0 Å². The molecule has 1 N–H and O–H groups in total. The fourth-order valence-electron chi connectivity index (χ4n) is 1.87. The predicted molar refractivity (Wildman–Crippen MR) is 91.2 cm³/mol. The maximum atomic E-state index is 12.0. The topological polar surface area (TPSA) is 66.5 Å². The van der Waals surface area contributed by atoms with Crippen molar-refractivity contribution in [3.63, 3.8) is 0 Å². The first-order valence-corrected chi connectivity index (χ1v) is 9.56. The Morgan fingerprint density at radius 1 is 1.27 bits per heavy atom. The standard InChI is InChI=1S/C14H20Cl2N2O3S/c1-3-4-9-17-13(19)8-10-18(22(2,20)21)14-11(15)6-5-7-12(14)16/h5-7H,3-4,8-10H2,1-2H3,(H,17,19). The molecule has 0 saturated carbocycles. The number of hydrogen-bond acceptors (Lipinski definition) is 3. The highest BCUT2D eigenvalue weighted by Crippen LogP contribution is 2.34. The lowest BCUT2D eigenvalue weighted by Crippen LogP contribution is -2.35. The molecule has 0 atom stereocenters. The van der Waals surface area contributed by atoms with Crippen LogP contribution in [0.4, 0.5) is 5.69 Å². The summed E-state index contributed by atoms with van der Waals surface area (Å²) in [6.07, 6.45) is 2.96. The number of rotatable bonds is 8. The smallest absolute Gasteiger partial charge is 0.232 e. The molecule has 0 heterocycles. The Kier molecular flexibility index (Phi) is 7.45. The molecular formula is C14H20Cl2N2O3S. The molecule has 0 aliphatic rings. The van der Waals surface area contributed by atoms with Gasteiger partial charge in [0.05, 0.1) is 22.0 Å². The van der Waals surface area contributed by atoms with Gasteiger partial charge in [0, 0.05) is 19.5 Å². The molecule has 1 amide bonds. The minimum absolute atomic E-state index is 0.0136. The van der Waals surface area contributed by atoms with Crippen LogP contribution in [0.5, 0.6) is 0 Å². The molecule has 0 spiro atoms. The fraction of sp³-hybridized carbons (Fsp3) is 0.500. The van der Waals surface area contributed by atoms with E-state index in [1.54, 1.807) is 18.2 Å². The van der Waals surface area contributed by atoms with Gasteiger partial charge in [0.1, 0.15) is 0 Å². The molecule has 0 aliphatic heterocycles. The van der Waals surface area contributed by atoms with Gasteiger partial charge in [-0.05, 0) is 18.6 Å². The maximum Gasteiger partial charge on any atom is 0.232 e. The Hall–Kier alpha value is -0.980. The lowest BCUT2D eigenvalue weighted by atomic mass is 10.3. The number of anilines is 1. The lowest BCUT2D eigenvalue weighted by molar-refractivity contribution is -0.120. The SMILES string of the molecule is CCCCNC(=O)CCN(c1c(Cl)cccc1Cl)S(C)(=O)=O. The summed E-state index contributed by atoms with van der Waals surface area (Å²) in [5, 5.41) is 3.20. The number of unbranched alkanes of at least 4 members (excludes halogenated alkanes) is 1. The van der Waals surface area contributed by atoms with E-state index in [4.69, 9.17) is 23.2 Å². The highest BCUT2D eigenvalue weighted by Gasteiger charge is 2.23. The van der Waals surface area contributed by atoms with Crippen LogP contribution in [-0.2, 0) is 14.8 Å². The Bertz CT molecular complexity index is 600. The molecule has 8 heteroatoms. The van der Waals surface area contributed by atoms with Crippen LogP contribution in [0.15, 0.2) is 18.2 Å². The van der Waals surface area contributed by atoms with Crippen molar-refractivity contribution in [3.8, 4) is 0 Å². The van der Waals surface area contributed by atoms with Crippen molar-refractivity contribution in [2.75, 3.05) is 23.7 Å². The van der Waals surface area contributed by atoms with Crippen LogP contribution in [0.3, 0.4) is 0 Å². The fourth-order valence-corrected chi connectivity index (χ4v) is 3.52. The van der Waals surface area contributed by atoms with E-state index in [0.29, 0.717) is 6.54 Å². The average molecular weight is 367 g/mol. The van der Waals surface area contributed by atoms with Gasteiger partial charge in [-0.15, -0.1) is 0 Å². The van der Waals surface area contributed by atoms with Gasteiger partial charge in [0.2, 0.25) is 15.9 Å². The van der Waals surface area contributed by atoms with Crippen LogP contribution >= 0.6 is 23.2 Å². The highest BCUT2D eigenvalue weighted by atomic mass is 35.5. The normalized spacial score (nSPS) is 11.3. The molecule has 0 radical (unpaired) electrons. The number of hydrogen-bond donors (Lipinski definition) is 1. The maximum absolute atomic E-state index is 12.0. The predicted octanol–water partition coefficient (Wildman–Crippen LogP) is 3.07. The number of halogens is 2. The third-order valence-corrected chi connectivity index (χ3v) is 4.76. The van der Waals surface area contributed by atoms with Crippen molar-refractivity contribution in [3.05, 3.63) is 28.2 Å². The molecule has 1 aromatic carbocycles. The quantitative estimate of drug-likeness (QED) is 0.718. The first kappa shape index (κ1) is 19.1. The van der Waals surface area contributed by atoms with Crippen molar-refractivity contribution in [2.45, 2.75) is 26.2 Å². The number of benzene rings is 1. The number of carbonyl (C=O) groups is 1. The van der Waals surface area contributed by atoms with E-state index in [-0.39, 0.29) is 34.6 Å². The van der Waals surface area contributed by atoms with Crippen molar-refractivity contribution < 1.29 is 13.2 Å². The molecule has 0 aliphatic carbocycles. The van der Waals surface area contributed by atoms with E-state index in [1.165, 1.54) is 0 Å². The molecule has 124 valence electrons. The van der Waals surface area contributed by atoms with Gasteiger partial charge in [-0.1, -0.05) is 42.6 Å². The summed E-state index contributed by atoms with van der Waals surface area (Å²) < 4.78 is 25.0. The Labute approximate surface area is 141 Å². The van der Waals surface area contributed by atoms with E-state index >= 15 is 0 Å². The number of sulfonamides is 1. The largest absolute Gasteiger partial charge is 0.356 e. The summed E-state index contributed by atoms with van der Waals surface area (Å²) in [7, 11) is -3.60. The molecule has 1 rings (SSSR count). The summed E-state index contributed by atoms with van der Waals surface area (Å²) in [6, 6.07) is 4.75. The molecule has 0 fully saturated rings. The summed E-state index contributed by atoms with van der Waals surface area (Å²) in [4.78, 5) is 11.8. The van der Waals surface area contributed by atoms with Gasteiger partial charge < -0.3 is 5.32 Å². The van der Waals surface area contributed by atoms with Crippen LogP contribution in [0.1, 0.15) is 26.2 Å². The second kappa shape index (κ2) is 8.60. The number of carbonyl (C=O) groups excluding carboxylic acids is 1. The van der Waals surface area contributed by atoms with Gasteiger partial charge in [0.15, 0.2) is 0 Å². The van der Waals surface area contributed by atoms with Gasteiger partial charge in [0.25, 0.3) is 0 Å². The zero-order chi connectivity index (χ0) is 16.8. The Morgan fingerprint density at radius 2 is 1.86 bits per heavy atom. The van der Waals surface area contributed by atoms with E-state index in [9.17, 15) is 13.2 Å². The first-order valence-electron chi connectivity index (χ1n) is 6.95. The average Bonchev–Trinajstić information content (AvgIpc) is 2.41. The van der Waals surface area contributed by atoms with Crippen LogP contribution in [0.25, 0.3) is 0 Å². The van der Waals surface area contributed by atoms with Crippen molar-refractivity contribution in [1.29, 1.82) is 0 Å². The monoisotopic (exact) mass is 366 g/mol. The number of nitrogens with one attached hydrogen (secondary N) is 1. The van der Waals surface area contributed by atoms with Crippen molar-refractivity contribution >= 4 is 44.8 Å². The van der Waals surface area contributed by atoms with Crippen molar-refractivity contribution in [1.82, 2.24) is 5.32 Å². The third kappa shape index (κ3) is 5.66. The molecule has 0 bridgehead atoms. The van der Waals surface area contributed by atoms with Gasteiger partial charge in [-0.3, -0.25) is 9.10 Å². The Balaban J connectivity index is 2.86. The van der Waals surface area contributed by atoms with Crippen LogP contribution < -0.4 is 9.62 Å². The molecular weight excluding hydrogens is 347 g/mol. The van der Waals surface area contributed by atoms with Crippen LogP contribution in [-0.4, -0.2) is 33.7 Å². The minimum atomic E-state index is -3.60. The zero-order valence-electron chi connectivity index (χ0n) is 12.6. The first-order chi connectivity index (χ1) is 10.3. The van der Waals surface area contributed by atoms with Gasteiger partial charge in [-0.2, -0.15) is 0 Å². The number of para-hydroxylation sites is 1. The highest BCUT2D eigenvalue weighted by molar-refractivity contribution is 7.92. The van der Waals surface area contributed by atoms with E-state index < -0.39 is 10.0 Å². The van der Waals surface area contributed by atoms with E-state index in [0.717, 1.165) is 23.4 Å². The summed E-state index contributed by atoms with van der Waals surface area (Å²) >= 11 is 12.1. The Morgan fingerprint density at radius 3 is 2.36 bits per heavy atom. The van der Waals surface area contributed by atoms with E-state index in [1.807, 2.05) is 6.92 Å². The third-order valence-electron chi connectivity index (χ3n) is 2.98. The molecule has 5 nitrogen and oxygen atoms in total. The zero-order valence-corrected chi connectivity index (χ0v) is 14.9.